The number of fused-ring (bicyclic) bond motifs is 1. The van der Waals surface area contributed by atoms with Crippen molar-refractivity contribution in [2.24, 2.45) is 0 Å². The smallest absolute Gasteiger partial charge is 0.496 e. The van der Waals surface area contributed by atoms with Crippen molar-refractivity contribution in [1.29, 1.82) is 0 Å². The molecule has 0 fully saturated rings. The molecule has 0 unspecified atom stereocenters. The molecule has 11 heteroatoms. The Bertz CT molecular complexity index is 949. The Morgan fingerprint density at radius 3 is 2.35 bits per heavy atom. The van der Waals surface area contributed by atoms with Crippen LogP contribution in [0.3, 0.4) is 0 Å². The zero-order chi connectivity index (χ0) is 19.1. The van der Waals surface area contributed by atoms with Crippen molar-refractivity contribution in [3.8, 4) is 22.6 Å². The van der Waals surface area contributed by atoms with Gasteiger partial charge in [0.15, 0.2) is 5.65 Å². The maximum atomic E-state index is 12.8. The van der Waals surface area contributed by atoms with Crippen molar-refractivity contribution in [3.05, 3.63) is 42.4 Å². The third-order valence-corrected chi connectivity index (χ3v) is 3.31. The Kier molecular flexibility index (Phi) is 4.17. The summed E-state index contributed by atoms with van der Waals surface area (Å²) in [6.45, 7) is 0. The van der Waals surface area contributed by atoms with Crippen LogP contribution in [0.25, 0.3) is 16.8 Å². The molecule has 3 aromatic rings. The average molecular weight is 377 g/mol. The SMILES string of the molecule is COc1cc(OC(F)(F)F)ccc1-c1cccn2nc(C(F)(F)F)nc12. The molecular formula is C15H9F6N3O2. The minimum atomic E-state index is -4.89. The fourth-order valence-electron chi connectivity index (χ4n) is 2.33. The van der Waals surface area contributed by atoms with E-state index in [0.717, 1.165) is 16.6 Å². The van der Waals surface area contributed by atoms with E-state index in [1.807, 2.05) is 0 Å². The summed E-state index contributed by atoms with van der Waals surface area (Å²) in [5, 5.41) is 3.36. The Morgan fingerprint density at radius 1 is 1.00 bits per heavy atom. The topological polar surface area (TPSA) is 48.7 Å². The van der Waals surface area contributed by atoms with Crippen LogP contribution in [-0.2, 0) is 6.18 Å². The maximum Gasteiger partial charge on any atom is 0.573 e. The predicted molar refractivity (Wildman–Crippen MR) is 76.7 cm³/mol. The molecule has 0 atom stereocenters. The molecular weight excluding hydrogens is 368 g/mol. The van der Waals surface area contributed by atoms with Gasteiger partial charge in [0, 0.05) is 23.4 Å². The average Bonchev–Trinajstić information content (AvgIpc) is 2.97. The van der Waals surface area contributed by atoms with Gasteiger partial charge < -0.3 is 9.47 Å². The van der Waals surface area contributed by atoms with E-state index in [-0.39, 0.29) is 22.5 Å². The lowest BCUT2D eigenvalue weighted by atomic mass is 10.1. The Labute approximate surface area is 141 Å². The fourth-order valence-corrected chi connectivity index (χ4v) is 2.33. The van der Waals surface area contributed by atoms with Crippen LogP contribution >= 0.6 is 0 Å². The highest BCUT2D eigenvalue weighted by atomic mass is 19.4. The molecule has 0 radical (unpaired) electrons. The van der Waals surface area contributed by atoms with Crippen LogP contribution in [0.4, 0.5) is 26.3 Å². The summed E-state index contributed by atoms with van der Waals surface area (Å²) in [5.41, 5.74) is 0.308. The highest BCUT2D eigenvalue weighted by molar-refractivity contribution is 5.81. The van der Waals surface area contributed by atoms with Crippen LogP contribution < -0.4 is 9.47 Å². The first kappa shape index (κ1) is 17.8. The van der Waals surface area contributed by atoms with Gasteiger partial charge in [-0.2, -0.15) is 13.2 Å². The first-order valence-corrected chi connectivity index (χ1v) is 6.95. The van der Waals surface area contributed by atoms with Gasteiger partial charge in [-0.3, -0.25) is 0 Å². The highest BCUT2D eigenvalue weighted by Crippen LogP contribution is 2.37. The van der Waals surface area contributed by atoms with Crippen molar-refractivity contribution < 1.29 is 35.8 Å². The van der Waals surface area contributed by atoms with Crippen molar-refractivity contribution in [2.45, 2.75) is 12.5 Å². The molecule has 3 rings (SSSR count). The molecule has 0 spiro atoms. The van der Waals surface area contributed by atoms with E-state index in [1.54, 1.807) is 0 Å². The van der Waals surface area contributed by atoms with E-state index >= 15 is 0 Å². The van der Waals surface area contributed by atoms with Crippen molar-refractivity contribution in [2.75, 3.05) is 7.11 Å². The second kappa shape index (κ2) is 6.07. The zero-order valence-corrected chi connectivity index (χ0v) is 12.9. The Balaban J connectivity index is 2.13. The number of nitrogens with zero attached hydrogens (tertiary/aromatic N) is 3. The van der Waals surface area contributed by atoms with Gasteiger partial charge in [0.1, 0.15) is 11.5 Å². The zero-order valence-electron chi connectivity index (χ0n) is 12.9. The van der Waals surface area contributed by atoms with E-state index in [1.165, 1.54) is 31.5 Å². The van der Waals surface area contributed by atoms with Gasteiger partial charge >= 0.3 is 12.5 Å². The predicted octanol–water partition coefficient (Wildman–Crippen LogP) is 4.32. The van der Waals surface area contributed by atoms with Crippen molar-refractivity contribution in [3.63, 3.8) is 0 Å². The minimum Gasteiger partial charge on any atom is -0.496 e. The van der Waals surface area contributed by atoms with E-state index in [2.05, 4.69) is 14.8 Å². The lowest BCUT2D eigenvalue weighted by Crippen LogP contribution is -2.17. The van der Waals surface area contributed by atoms with E-state index in [9.17, 15) is 26.3 Å². The second-order valence-corrected chi connectivity index (χ2v) is 5.03. The minimum absolute atomic E-state index is 0.0311. The molecule has 0 amide bonds. The Morgan fingerprint density at radius 2 is 1.73 bits per heavy atom. The number of alkyl halides is 6. The number of methoxy groups -OCH3 is 1. The monoisotopic (exact) mass is 377 g/mol. The molecule has 138 valence electrons. The summed E-state index contributed by atoms with van der Waals surface area (Å²) in [4.78, 5) is 3.48. The number of halogens is 6. The summed E-state index contributed by atoms with van der Waals surface area (Å²) in [6, 6.07) is 6.11. The third-order valence-electron chi connectivity index (χ3n) is 3.31. The molecule has 0 saturated carbocycles. The normalized spacial score (nSPS) is 12.4. The van der Waals surface area contributed by atoms with Gasteiger partial charge in [-0.1, -0.05) is 0 Å². The maximum absolute atomic E-state index is 12.8. The number of aromatic nitrogens is 3. The molecule has 26 heavy (non-hydrogen) atoms. The second-order valence-electron chi connectivity index (χ2n) is 5.03. The van der Waals surface area contributed by atoms with Crippen LogP contribution in [0.1, 0.15) is 5.82 Å². The number of ether oxygens (including phenoxy) is 2. The van der Waals surface area contributed by atoms with Gasteiger partial charge in [-0.25, -0.2) is 9.50 Å². The standard InChI is InChI=1S/C15H9F6N3O2/c1-25-11-7-8(26-15(19,20)21)4-5-9(11)10-3-2-6-24-12(10)22-13(23-24)14(16,17)18/h2-7H,1H3. The largest absolute Gasteiger partial charge is 0.573 e. The van der Waals surface area contributed by atoms with Gasteiger partial charge in [-0.05, 0) is 24.3 Å². The van der Waals surface area contributed by atoms with Gasteiger partial charge in [0.05, 0.1) is 7.11 Å². The summed E-state index contributed by atoms with van der Waals surface area (Å²) in [7, 11) is 1.21. The van der Waals surface area contributed by atoms with Crippen LogP contribution in [0.5, 0.6) is 11.5 Å². The fraction of sp³-hybridized carbons (Fsp3) is 0.200. The molecule has 2 heterocycles. The van der Waals surface area contributed by atoms with Crippen LogP contribution in [0.15, 0.2) is 36.5 Å². The number of hydrogen-bond acceptors (Lipinski definition) is 4. The van der Waals surface area contributed by atoms with Crippen molar-refractivity contribution in [1.82, 2.24) is 14.6 Å². The van der Waals surface area contributed by atoms with E-state index in [0.29, 0.717) is 0 Å². The molecule has 0 N–H and O–H groups in total. The highest BCUT2D eigenvalue weighted by Gasteiger charge is 2.36. The molecule has 0 bridgehead atoms. The first-order chi connectivity index (χ1) is 12.1. The van der Waals surface area contributed by atoms with Gasteiger partial charge in [0.25, 0.3) is 5.82 Å². The summed E-state index contributed by atoms with van der Waals surface area (Å²) >= 11 is 0. The Hall–Kier alpha value is -2.98. The molecule has 0 aliphatic heterocycles. The number of pyridine rings is 1. The van der Waals surface area contributed by atoms with Crippen LogP contribution in [-0.4, -0.2) is 28.1 Å². The van der Waals surface area contributed by atoms with E-state index in [4.69, 9.17) is 4.74 Å². The van der Waals surface area contributed by atoms with Crippen LogP contribution in [0, 0.1) is 0 Å². The quantitative estimate of drug-likeness (QED) is 0.638. The summed E-state index contributed by atoms with van der Waals surface area (Å²) in [6.07, 6.45) is -8.35. The van der Waals surface area contributed by atoms with Gasteiger partial charge in [0.2, 0.25) is 0 Å². The molecule has 5 nitrogen and oxygen atoms in total. The molecule has 1 aromatic carbocycles. The summed E-state index contributed by atoms with van der Waals surface area (Å²) in [5.74, 6) is -1.89. The van der Waals surface area contributed by atoms with Crippen molar-refractivity contribution >= 4 is 5.65 Å². The third kappa shape index (κ3) is 3.51. The number of rotatable bonds is 3. The molecule has 2 aromatic heterocycles. The summed E-state index contributed by atoms with van der Waals surface area (Å²) < 4.78 is 85.3. The number of hydrogen-bond donors (Lipinski definition) is 0. The number of benzene rings is 1. The van der Waals surface area contributed by atoms with Crippen LogP contribution in [0.2, 0.25) is 0 Å². The van der Waals surface area contributed by atoms with Gasteiger partial charge in [-0.15, -0.1) is 18.3 Å². The molecule has 0 aliphatic carbocycles. The molecule has 0 saturated heterocycles. The lowest BCUT2D eigenvalue weighted by molar-refractivity contribution is -0.274. The van der Waals surface area contributed by atoms with E-state index < -0.39 is 24.1 Å². The molecule has 0 aliphatic rings. The lowest BCUT2D eigenvalue weighted by Gasteiger charge is -2.13. The first-order valence-electron chi connectivity index (χ1n) is 6.95.